The van der Waals surface area contributed by atoms with Gasteiger partial charge in [0.15, 0.2) is 0 Å². The Kier molecular flexibility index (Phi) is 3.75. The molecule has 7 heavy (non-hydrogen) atoms. The summed E-state index contributed by atoms with van der Waals surface area (Å²) in [7, 11) is 0. The van der Waals surface area contributed by atoms with E-state index < -0.39 is 0 Å². The van der Waals surface area contributed by atoms with Crippen LogP contribution in [0.4, 0.5) is 5.95 Å². The van der Waals surface area contributed by atoms with Gasteiger partial charge in [-0.3, -0.25) is 5.10 Å². The molecule has 0 saturated heterocycles. The van der Waals surface area contributed by atoms with Gasteiger partial charge in [0.25, 0.3) is 0 Å². The van der Waals surface area contributed by atoms with Gasteiger partial charge in [0.2, 0.25) is 0 Å². The molecule has 0 radical (unpaired) electrons. The van der Waals surface area contributed by atoms with E-state index in [1.165, 1.54) is 0 Å². The summed E-state index contributed by atoms with van der Waals surface area (Å²) in [6.07, 6.45) is 0. The Morgan fingerprint density at radius 1 is 1.57 bits per heavy atom. The van der Waals surface area contributed by atoms with Crippen molar-refractivity contribution in [1.82, 2.24) is 20.6 Å². The molecule has 0 aliphatic heterocycles. The van der Waals surface area contributed by atoms with Crippen molar-refractivity contribution in [3.05, 3.63) is 0 Å². The summed E-state index contributed by atoms with van der Waals surface area (Å²) in [4.78, 5) is 0. The molecule has 5 nitrogen and oxygen atoms in total. The zero-order chi connectivity index (χ0) is 4.41. The van der Waals surface area contributed by atoms with Crippen LogP contribution in [-0.2, 0) is 0 Å². The summed E-state index contributed by atoms with van der Waals surface area (Å²) in [5.41, 5.74) is 4.93. The number of hydrogen-bond acceptors (Lipinski definition) is 4. The summed E-state index contributed by atoms with van der Waals surface area (Å²) in [6.45, 7) is 0. The SMILES string of the molecule is Nc1nnn[n-]1.[K+]. The summed E-state index contributed by atoms with van der Waals surface area (Å²) in [5, 5.41) is 12.6. The molecule has 0 aliphatic carbocycles. The van der Waals surface area contributed by atoms with Gasteiger partial charge in [-0.15, -0.1) is 5.21 Å². The average Bonchev–Trinajstić information content (AvgIpc) is 1.86. The Morgan fingerprint density at radius 3 is 2.43 bits per heavy atom. The first-order chi connectivity index (χ1) is 2.89. The van der Waals surface area contributed by atoms with E-state index >= 15 is 0 Å². The van der Waals surface area contributed by atoms with Crippen LogP contribution in [0.5, 0.6) is 0 Å². The van der Waals surface area contributed by atoms with E-state index in [0.717, 1.165) is 0 Å². The third-order valence-electron chi connectivity index (χ3n) is 0.334. The van der Waals surface area contributed by atoms with Crippen molar-refractivity contribution >= 4 is 5.95 Å². The molecule has 0 aromatic carbocycles. The molecule has 0 spiro atoms. The third kappa shape index (κ3) is 2.34. The van der Waals surface area contributed by atoms with Crippen molar-refractivity contribution in [2.45, 2.75) is 0 Å². The zero-order valence-corrected chi connectivity index (χ0v) is 6.99. The van der Waals surface area contributed by atoms with E-state index in [-0.39, 0.29) is 57.3 Å². The Labute approximate surface area is 82.5 Å². The maximum Gasteiger partial charge on any atom is 1.00 e. The second-order valence-electron chi connectivity index (χ2n) is 0.737. The average molecular weight is 123 g/mol. The molecule has 32 valence electrons. The molecule has 1 rings (SSSR count). The molecule has 0 aliphatic rings. The molecule has 0 bridgehead atoms. The molecule has 1 aromatic heterocycles. The van der Waals surface area contributed by atoms with Gasteiger partial charge in [0.05, 0.1) is 5.95 Å². The van der Waals surface area contributed by atoms with E-state index in [0.29, 0.717) is 0 Å². The van der Waals surface area contributed by atoms with Crippen LogP contribution in [0.25, 0.3) is 0 Å². The van der Waals surface area contributed by atoms with Crippen molar-refractivity contribution in [1.29, 1.82) is 0 Å². The van der Waals surface area contributed by atoms with E-state index in [1.54, 1.807) is 0 Å². The number of nitrogens with zero attached hydrogens (tertiary/aromatic N) is 4. The maximum atomic E-state index is 4.93. The van der Waals surface area contributed by atoms with Gasteiger partial charge in [-0.25, -0.2) is 5.10 Å². The normalized spacial score (nSPS) is 7.43. The second-order valence-corrected chi connectivity index (χ2v) is 0.737. The predicted molar refractivity (Wildman–Crippen MR) is 17.6 cm³/mol. The zero-order valence-electron chi connectivity index (χ0n) is 3.87. The molecular weight excluding hydrogens is 121 g/mol. The van der Waals surface area contributed by atoms with Crippen LogP contribution in [-0.4, -0.2) is 15.5 Å². The van der Waals surface area contributed by atoms with Gasteiger partial charge in [0.1, 0.15) is 0 Å². The first-order valence-corrected chi connectivity index (χ1v) is 1.34. The fourth-order valence-corrected chi connectivity index (χ4v) is 0.152. The van der Waals surface area contributed by atoms with E-state index in [1.807, 2.05) is 0 Å². The number of nitrogens with two attached hydrogens (primary N) is 1. The molecular formula is CH2KN5. The Morgan fingerprint density at radius 2 is 2.29 bits per heavy atom. The molecule has 1 aromatic rings. The molecule has 2 N–H and O–H groups in total. The van der Waals surface area contributed by atoms with Gasteiger partial charge < -0.3 is 5.73 Å². The summed E-state index contributed by atoms with van der Waals surface area (Å²) < 4.78 is 0. The minimum absolute atomic E-state index is 0. The fourth-order valence-electron chi connectivity index (χ4n) is 0.152. The Bertz CT molecular complexity index is 112. The summed E-state index contributed by atoms with van der Waals surface area (Å²) in [5.74, 6) is 0.120. The third-order valence-corrected chi connectivity index (χ3v) is 0.334. The predicted octanol–water partition coefficient (Wildman–Crippen LogP) is -4.59. The van der Waals surface area contributed by atoms with Crippen molar-refractivity contribution in [3.63, 3.8) is 0 Å². The minimum atomic E-state index is 0. The standard InChI is InChI=1S/CH2N5.K/c2-1-3-5-6-4-1;/h(H2-,2,3,4,5,6);/q-1;+1. The van der Waals surface area contributed by atoms with Crippen molar-refractivity contribution in [2.24, 2.45) is 0 Å². The fraction of sp³-hybridized carbons (Fsp3) is 0. The topological polar surface area (TPSA) is 78.8 Å². The van der Waals surface area contributed by atoms with Crippen LogP contribution < -0.4 is 62.2 Å². The van der Waals surface area contributed by atoms with Gasteiger partial charge in [-0.2, -0.15) is 5.21 Å². The van der Waals surface area contributed by atoms with Crippen molar-refractivity contribution in [3.8, 4) is 0 Å². The minimum Gasteiger partial charge on any atom is -0.430 e. The Balaban J connectivity index is 0.000000360. The van der Waals surface area contributed by atoms with Gasteiger partial charge in [0, 0.05) is 0 Å². The number of anilines is 1. The molecule has 0 fully saturated rings. The van der Waals surface area contributed by atoms with E-state index in [4.69, 9.17) is 5.73 Å². The number of rotatable bonds is 0. The van der Waals surface area contributed by atoms with Crippen molar-refractivity contribution in [2.75, 3.05) is 5.73 Å². The smallest absolute Gasteiger partial charge is 0.430 e. The first-order valence-electron chi connectivity index (χ1n) is 1.34. The van der Waals surface area contributed by atoms with E-state index in [9.17, 15) is 0 Å². The number of tetrazole rings is 1. The van der Waals surface area contributed by atoms with Crippen LogP contribution in [0.15, 0.2) is 0 Å². The van der Waals surface area contributed by atoms with Crippen LogP contribution >= 0.6 is 0 Å². The van der Waals surface area contributed by atoms with Gasteiger partial charge >= 0.3 is 51.4 Å². The molecule has 6 heteroatoms. The van der Waals surface area contributed by atoms with Crippen LogP contribution in [0.2, 0.25) is 0 Å². The largest absolute Gasteiger partial charge is 1.00 e. The van der Waals surface area contributed by atoms with Crippen LogP contribution in [0.1, 0.15) is 0 Å². The number of aromatic nitrogens is 4. The molecule has 0 atom stereocenters. The quantitative estimate of drug-likeness (QED) is 0.351. The number of nitrogen functional groups attached to an aromatic ring is 1. The monoisotopic (exact) mass is 123 g/mol. The molecule has 0 amide bonds. The summed E-state index contributed by atoms with van der Waals surface area (Å²) >= 11 is 0. The number of hydrogen-bond donors (Lipinski definition) is 1. The molecule has 0 unspecified atom stereocenters. The second kappa shape index (κ2) is 3.50. The van der Waals surface area contributed by atoms with Crippen LogP contribution in [0.3, 0.4) is 0 Å². The Hall–Kier alpha value is 0.506. The maximum absolute atomic E-state index is 4.93. The van der Waals surface area contributed by atoms with Gasteiger partial charge in [-0.05, 0) is 0 Å². The first kappa shape index (κ1) is 7.51. The van der Waals surface area contributed by atoms with Crippen LogP contribution in [0, 0.1) is 0 Å². The molecule has 0 saturated carbocycles. The van der Waals surface area contributed by atoms with Crippen molar-refractivity contribution < 1.29 is 51.4 Å². The van der Waals surface area contributed by atoms with E-state index in [2.05, 4.69) is 20.6 Å². The van der Waals surface area contributed by atoms with Gasteiger partial charge in [-0.1, -0.05) is 0 Å². The summed E-state index contributed by atoms with van der Waals surface area (Å²) in [6, 6.07) is 0. The molecule has 1 heterocycles.